The average molecular weight is 282 g/mol. The molecule has 0 unspecified atom stereocenters. The highest BCUT2D eigenvalue weighted by Crippen LogP contribution is 2.33. The molecule has 3 heteroatoms. The minimum atomic E-state index is 0.570. The molecule has 0 nitrogen and oxygen atoms in total. The van der Waals surface area contributed by atoms with Crippen LogP contribution in [-0.2, 0) is 0 Å². The topological polar surface area (TPSA) is 0 Å². The van der Waals surface area contributed by atoms with Crippen LogP contribution in [0, 0.1) is 0 Å². The van der Waals surface area contributed by atoms with E-state index in [1.54, 1.807) is 0 Å². The maximum absolute atomic E-state index is 6.20. The molecule has 0 radical (unpaired) electrons. The lowest BCUT2D eigenvalue weighted by Gasteiger charge is -2.05. The lowest BCUT2D eigenvalue weighted by Crippen LogP contribution is -1.79. The molecule has 3 rings (SSSR count). The molecule has 0 aliphatic rings. The van der Waals surface area contributed by atoms with Crippen molar-refractivity contribution in [2.24, 2.45) is 0 Å². The third kappa shape index (κ3) is 1.87. The van der Waals surface area contributed by atoms with Gasteiger partial charge in [-0.2, -0.15) is 0 Å². The van der Waals surface area contributed by atoms with Crippen LogP contribution in [0.1, 0.15) is 0 Å². The minimum Gasteiger partial charge on any atom is -0.0843 e. The van der Waals surface area contributed by atoms with Crippen molar-refractivity contribution in [3.05, 3.63) is 57.5 Å². The molecule has 0 saturated heterocycles. The fraction of sp³-hybridized carbons (Fsp3) is 0. The van der Waals surface area contributed by atoms with Gasteiger partial charge in [0.25, 0.3) is 0 Å². The standard InChI is InChI=1S/C14H7Cl3/c15-11-3-1-8-5-9-2-4-13(16)14(17)12(9)7-10(8)6-11/h1-7H. The van der Waals surface area contributed by atoms with Gasteiger partial charge < -0.3 is 0 Å². The molecular formula is C14H7Cl3. The van der Waals surface area contributed by atoms with Gasteiger partial charge in [0.05, 0.1) is 10.0 Å². The van der Waals surface area contributed by atoms with Crippen molar-refractivity contribution in [1.29, 1.82) is 0 Å². The Labute approximate surface area is 114 Å². The van der Waals surface area contributed by atoms with E-state index in [9.17, 15) is 0 Å². The number of benzene rings is 3. The molecule has 0 aromatic heterocycles. The van der Waals surface area contributed by atoms with Crippen molar-refractivity contribution in [2.75, 3.05) is 0 Å². The second-order valence-corrected chi connectivity index (χ2v) is 5.15. The van der Waals surface area contributed by atoms with Gasteiger partial charge in [0, 0.05) is 10.4 Å². The van der Waals surface area contributed by atoms with Crippen LogP contribution < -0.4 is 0 Å². The van der Waals surface area contributed by atoms with Gasteiger partial charge in [-0.3, -0.25) is 0 Å². The van der Waals surface area contributed by atoms with Crippen LogP contribution in [0.25, 0.3) is 21.5 Å². The Morgan fingerprint density at radius 1 is 0.647 bits per heavy atom. The van der Waals surface area contributed by atoms with E-state index < -0.39 is 0 Å². The summed E-state index contributed by atoms with van der Waals surface area (Å²) in [6.45, 7) is 0. The molecule has 0 aliphatic heterocycles. The predicted octanol–water partition coefficient (Wildman–Crippen LogP) is 5.95. The number of hydrogen-bond donors (Lipinski definition) is 0. The smallest absolute Gasteiger partial charge is 0.0670 e. The summed E-state index contributed by atoms with van der Waals surface area (Å²) >= 11 is 18.2. The molecule has 84 valence electrons. The van der Waals surface area contributed by atoms with Crippen molar-refractivity contribution < 1.29 is 0 Å². The summed E-state index contributed by atoms with van der Waals surface area (Å²) in [4.78, 5) is 0. The SMILES string of the molecule is Clc1ccc2cc3ccc(Cl)c(Cl)c3cc2c1. The van der Waals surface area contributed by atoms with Gasteiger partial charge in [-0.15, -0.1) is 0 Å². The largest absolute Gasteiger partial charge is 0.0843 e. The third-order valence-corrected chi connectivity index (χ3v) is 3.88. The zero-order chi connectivity index (χ0) is 12.0. The van der Waals surface area contributed by atoms with Crippen LogP contribution in [-0.4, -0.2) is 0 Å². The maximum atomic E-state index is 6.20. The van der Waals surface area contributed by atoms with E-state index in [0.717, 1.165) is 26.6 Å². The van der Waals surface area contributed by atoms with E-state index in [0.29, 0.717) is 10.0 Å². The molecule has 0 heterocycles. The normalized spacial score (nSPS) is 11.2. The van der Waals surface area contributed by atoms with E-state index in [-0.39, 0.29) is 0 Å². The van der Waals surface area contributed by atoms with Gasteiger partial charge >= 0.3 is 0 Å². The van der Waals surface area contributed by atoms with Crippen molar-refractivity contribution in [3.63, 3.8) is 0 Å². The number of halogens is 3. The van der Waals surface area contributed by atoms with E-state index in [1.165, 1.54) is 0 Å². The Morgan fingerprint density at radius 3 is 2.24 bits per heavy atom. The van der Waals surface area contributed by atoms with Crippen LogP contribution in [0.5, 0.6) is 0 Å². The number of hydrogen-bond acceptors (Lipinski definition) is 0. The monoisotopic (exact) mass is 280 g/mol. The summed E-state index contributed by atoms with van der Waals surface area (Å²) in [6.07, 6.45) is 0. The van der Waals surface area contributed by atoms with Gasteiger partial charge in [-0.1, -0.05) is 46.9 Å². The summed E-state index contributed by atoms with van der Waals surface area (Å²) < 4.78 is 0. The van der Waals surface area contributed by atoms with Gasteiger partial charge in [-0.25, -0.2) is 0 Å². The summed E-state index contributed by atoms with van der Waals surface area (Å²) in [5.41, 5.74) is 0. The Hall–Kier alpha value is -0.950. The summed E-state index contributed by atoms with van der Waals surface area (Å²) in [6, 6.07) is 13.7. The highest BCUT2D eigenvalue weighted by molar-refractivity contribution is 6.45. The average Bonchev–Trinajstić information content (AvgIpc) is 2.32. The first-order valence-corrected chi connectivity index (χ1v) is 6.25. The lowest BCUT2D eigenvalue weighted by atomic mass is 10.0. The van der Waals surface area contributed by atoms with Crippen molar-refractivity contribution in [2.45, 2.75) is 0 Å². The van der Waals surface area contributed by atoms with Crippen molar-refractivity contribution >= 4 is 56.3 Å². The molecule has 3 aromatic carbocycles. The van der Waals surface area contributed by atoms with E-state index in [4.69, 9.17) is 34.8 Å². The first-order chi connectivity index (χ1) is 8.15. The Kier molecular flexibility index (Phi) is 2.67. The first kappa shape index (κ1) is 11.2. The van der Waals surface area contributed by atoms with Crippen LogP contribution in [0.3, 0.4) is 0 Å². The van der Waals surface area contributed by atoms with Gasteiger partial charge in [0.1, 0.15) is 0 Å². The lowest BCUT2D eigenvalue weighted by molar-refractivity contribution is 1.76. The highest BCUT2D eigenvalue weighted by Gasteiger charge is 2.05. The van der Waals surface area contributed by atoms with Crippen molar-refractivity contribution in [3.8, 4) is 0 Å². The molecule has 0 N–H and O–H groups in total. The number of rotatable bonds is 0. The molecule has 0 saturated carbocycles. The maximum Gasteiger partial charge on any atom is 0.0670 e. The van der Waals surface area contributed by atoms with Crippen LogP contribution in [0.2, 0.25) is 15.1 Å². The minimum absolute atomic E-state index is 0.570. The summed E-state index contributed by atoms with van der Waals surface area (Å²) in [5.74, 6) is 0. The first-order valence-electron chi connectivity index (χ1n) is 5.12. The zero-order valence-electron chi connectivity index (χ0n) is 8.68. The molecule has 0 aliphatic carbocycles. The number of fused-ring (bicyclic) bond motifs is 2. The Balaban J connectivity index is 2.48. The van der Waals surface area contributed by atoms with Crippen LogP contribution >= 0.6 is 34.8 Å². The molecular weight excluding hydrogens is 275 g/mol. The molecule has 0 fully saturated rings. The summed E-state index contributed by atoms with van der Waals surface area (Å²) in [7, 11) is 0. The van der Waals surface area contributed by atoms with E-state index >= 15 is 0 Å². The molecule has 3 aromatic rings. The van der Waals surface area contributed by atoms with Crippen LogP contribution in [0.4, 0.5) is 0 Å². The summed E-state index contributed by atoms with van der Waals surface area (Å²) in [5, 5.41) is 6.11. The van der Waals surface area contributed by atoms with Gasteiger partial charge in [0.15, 0.2) is 0 Å². The second-order valence-electron chi connectivity index (χ2n) is 3.93. The van der Waals surface area contributed by atoms with Crippen molar-refractivity contribution in [1.82, 2.24) is 0 Å². The third-order valence-electron chi connectivity index (χ3n) is 2.83. The molecule has 0 amide bonds. The molecule has 0 bridgehead atoms. The highest BCUT2D eigenvalue weighted by atomic mass is 35.5. The predicted molar refractivity (Wildman–Crippen MR) is 76.5 cm³/mol. The van der Waals surface area contributed by atoms with E-state index in [1.807, 2.05) is 36.4 Å². The molecule has 17 heavy (non-hydrogen) atoms. The fourth-order valence-electron chi connectivity index (χ4n) is 1.98. The quantitative estimate of drug-likeness (QED) is 0.446. The molecule has 0 spiro atoms. The Morgan fingerprint density at radius 2 is 1.41 bits per heavy atom. The van der Waals surface area contributed by atoms with Gasteiger partial charge in [-0.05, 0) is 46.5 Å². The Bertz CT molecular complexity index is 732. The second kappa shape index (κ2) is 4.06. The fourth-order valence-corrected chi connectivity index (χ4v) is 2.55. The van der Waals surface area contributed by atoms with Crippen LogP contribution in [0.15, 0.2) is 42.5 Å². The van der Waals surface area contributed by atoms with Gasteiger partial charge in [0.2, 0.25) is 0 Å². The van der Waals surface area contributed by atoms with E-state index in [2.05, 4.69) is 6.07 Å². The molecule has 0 atom stereocenters. The zero-order valence-corrected chi connectivity index (χ0v) is 10.9.